The molecule has 89 valence electrons. The van der Waals surface area contributed by atoms with Crippen molar-refractivity contribution in [1.29, 1.82) is 0 Å². The second-order valence-corrected chi connectivity index (χ2v) is 4.92. The van der Waals surface area contributed by atoms with Crippen molar-refractivity contribution in [2.75, 3.05) is 17.2 Å². The van der Waals surface area contributed by atoms with E-state index in [-0.39, 0.29) is 0 Å². The van der Waals surface area contributed by atoms with Crippen molar-refractivity contribution < 1.29 is 18.3 Å². The molecular weight excluding hydrogens is 297 g/mol. The predicted octanol–water partition coefficient (Wildman–Crippen LogP) is 3.08. The van der Waals surface area contributed by atoms with E-state index in [0.717, 1.165) is 17.9 Å². The van der Waals surface area contributed by atoms with E-state index < -0.39 is 0 Å². The Morgan fingerprint density at radius 2 is 1.35 bits per heavy atom. The normalized spacial score (nSPS) is 11.8. The van der Waals surface area contributed by atoms with Crippen LogP contribution in [0.2, 0.25) is 0 Å². The average molecular weight is 312 g/mol. The van der Waals surface area contributed by atoms with Crippen LogP contribution in [0, 0.1) is 0 Å². The number of nitrogens with one attached hydrogen (secondary N) is 2. The molecule has 17 heavy (non-hydrogen) atoms. The molecule has 2 nitrogen and oxygen atoms in total. The first-order chi connectivity index (χ1) is 8.34. The molecule has 2 N–H and O–H groups in total. The molecule has 0 aromatic heterocycles. The van der Waals surface area contributed by atoms with Crippen molar-refractivity contribution in [2.24, 2.45) is 0 Å². The standard InChI is InChI=1S/C14H15N2.Ru/c1-3-7-13(8-4-1)15-11-12-16-14-9-5-2-6-10-14;/h1-11,15-16H,12H2;. The summed E-state index contributed by atoms with van der Waals surface area (Å²) < 4.78 is 0.317. The van der Waals surface area contributed by atoms with Crippen LogP contribution in [0.25, 0.3) is 0 Å². The summed E-state index contributed by atoms with van der Waals surface area (Å²) in [7, 11) is 0. The molecule has 0 saturated carbocycles. The Balaban J connectivity index is 1.80. The Bertz CT molecular complexity index is 430. The van der Waals surface area contributed by atoms with Crippen LogP contribution in [0.4, 0.5) is 11.4 Å². The molecule has 0 saturated heterocycles. The third kappa shape index (κ3) is 4.20. The van der Waals surface area contributed by atoms with Gasteiger partial charge >= 0.3 is 112 Å². The number of rotatable bonds is 5. The van der Waals surface area contributed by atoms with Crippen LogP contribution in [0.1, 0.15) is 0 Å². The van der Waals surface area contributed by atoms with E-state index in [2.05, 4.69) is 53.2 Å². The van der Waals surface area contributed by atoms with E-state index in [1.165, 1.54) is 0 Å². The third-order valence-corrected chi connectivity index (χ3v) is 2.95. The second-order valence-electron chi connectivity index (χ2n) is 3.71. The SMILES string of the molecule is [Ru][CH](CNc1ccccc1)Nc1ccccc1. The fourth-order valence-corrected chi connectivity index (χ4v) is 1.99. The van der Waals surface area contributed by atoms with Crippen LogP contribution in [-0.2, 0) is 18.3 Å². The van der Waals surface area contributed by atoms with Crippen molar-refractivity contribution in [1.82, 2.24) is 0 Å². The molecule has 2 rings (SSSR count). The Hall–Kier alpha value is -1.34. The molecular formula is C14H15N2Ru. The Morgan fingerprint density at radius 3 is 1.94 bits per heavy atom. The molecule has 0 aliphatic heterocycles. The Morgan fingerprint density at radius 1 is 0.824 bits per heavy atom. The zero-order valence-corrected chi connectivity index (χ0v) is 11.1. The van der Waals surface area contributed by atoms with Gasteiger partial charge in [0.1, 0.15) is 0 Å². The van der Waals surface area contributed by atoms with Gasteiger partial charge in [-0.05, 0) is 0 Å². The Kier molecular flexibility index (Phi) is 4.57. The van der Waals surface area contributed by atoms with Crippen molar-refractivity contribution in [3.63, 3.8) is 0 Å². The zero-order valence-electron chi connectivity index (χ0n) is 9.41. The van der Waals surface area contributed by atoms with E-state index in [9.17, 15) is 0 Å². The van der Waals surface area contributed by atoms with Gasteiger partial charge in [-0.2, -0.15) is 0 Å². The summed E-state index contributed by atoms with van der Waals surface area (Å²) in [5.74, 6) is 0. The molecule has 2 aromatic rings. The molecule has 2 aromatic carbocycles. The van der Waals surface area contributed by atoms with Gasteiger partial charge in [0.15, 0.2) is 0 Å². The Labute approximate surface area is 112 Å². The minimum absolute atomic E-state index is 0.317. The summed E-state index contributed by atoms with van der Waals surface area (Å²) in [5, 5.41) is 6.80. The van der Waals surface area contributed by atoms with Crippen LogP contribution in [0.5, 0.6) is 0 Å². The number of hydrogen-bond donors (Lipinski definition) is 2. The van der Waals surface area contributed by atoms with Crippen LogP contribution >= 0.6 is 0 Å². The van der Waals surface area contributed by atoms with Gasteiger partial charge in [0, 0.05) is 0 Å². The first kappa shape index (κ1) is 12.1. The average Bonchev–Trinajstić information content (AvgIpc) is 2.39. The summed E-state index contributed by atoms with van der Waals surface area (Å²) in [6.45, 7) is 0.871. The van der Waals surface area contributed by atoms with Crippen molar-refractivity contribution in [3.8, 4) is 0 Å². The van der Waals surface area contributed by atoms with Gasteiger partial charge in [-0.3, -0.25) is 0 Å². The molecule has 0 aliphatic carbocycles. The molecule has 0 fully saturated rings. The third-order valence-electron chi connectivity index (χ3n) is 2.35. The molecule has 1 atom stereocenters. The molecule has 3 heteroatoms. The second kappa shape index (κ2) is 6.41. The molecule has 0 aliphatic rings. The summed E-state index contributed by atoms with van der Waals surface area (Å²) in [4.78, 5) is 0. The van der Waals surface area contributed by atoms with Crippen molar-refractivity contribution in [3.05, 3.63) is 60.7 Å². The summed E-state index contributed by atoms with van der Waals surface area (Å²) in [5.41, 5.74) is 2.29. The first-order valence-electron chi connectivity index (χ1n) is 5.58. The van der Waals surface area contributed by atoms with Crippen molar-refractivity contribution >= 4 is 11.4 Å². The molecule has 0 amide bonds. The van der Waals surface area contributed by atoms with Gasteiger partial charge in [0.2, 0.25) is 0 Å². The van der Waals surface area contributed by atoms with E-state index in [1.807, 2.05) is 36.4 Å². The van der Waals surface area contributed by atoms with Gasteiger partial charge in [0.25, 0.3) is 0 Å². The van der Waals surface area contributed by atoms with Gasteiger partial charge in [-0.25, -0.2) is 0 Å². The molecule has 0 radical (unpaired) electrons. The van der Waals surface area contributed by atoms with Crippen LogP contribution < -0.4 is 10.6 Å². The fourth-order valence-electron chi connectivity index (χ4n) is 1.52. The van der Waals surface area contributed by atoms with E-state index >= 15 is 0 Å². The summed E-state index contributed by atoms with van der Waals surface area (Å²) >= 11 is 2.70. The maximum absolute atomic E-state index is 3.42. The maximum atomic E-state index is 3.42. The van der Waals surface area contributed by atoms with E-state index in [0.29, 0.717) is 4.64 Å². The van der Waals surface area contributed by atoms with Gasteiger partial charge in [-0.1, -0.05) is 0 Å². The topological polar surface area (TPSA) is 24.1 Å². The fraction of sp³-hybridized carbons (Fsp3) is 0.143. The van der Waals surface area contributed by atoms with Gasteiger partial charge in [-0.15, -0.1) is 0 Å². The minimum atomic E-state index is 0.317. The molecule has 0 spiro atoms. The zero-order chi connectivity index (χ0) is 11.9. The number of para-hydroxylation sites is 2. The molecule has 1 unspecified atom stereocenters. The van der Waals surface area contributed by atoms with Crippen LogP contribution in [-0.4, -0.2) is 11.2 Å². The number of anilines is 2. The molecule has 0 heterocycles. The molecule has 0 bridgehead atoms. The first-order valence-corrected chi connectivity index (χ1v) is 6.58. The summed E-state index contributed by atoms with van der Waals surface area (Å²) in [6, 6.07) is 20.5. The van der Waals surface area contributed by atoms with E-state index in [4.69, 9.17) is 0 Å². The quantitative estimate of drug-likeness (QED) is 0.829. The van der Waals surface area contributed by atoms with Crippen LogP contribution in [0.3, 0.4) is 0 Å². The summed E-state index contributed by atoms with van der Waals surface area (Å²) in [6.07, 6.45) is 0. The van der Waals surface area contributed by atoms with Gasteiger partial charge < -0.3 is 0 Å². The predicted molar refractivity (Wildman–Crippen MR) is 68.8 cm³/mol. The monoisotopic (exact) mass is 313 g/mol. The van der Waals surface area contributed by atoms with E-state index in [1.54, 1.807) is 0 Å². The van der Waals surface area contributed by atoms with Gasteiger partial charge in [0.05, 0.1) is 0 Å². The number of hydrogen-bond acceptors (Lipinski definition) is 2. The van der Waals surface area contributed by atoms with Crippen LogP contribution in [0.15, 0.2) is 60.7 Å². The van der Waals surface area contributed by atoms with Crippen molar-refractivity contribution in [2.45, 2.75) is 4.64 Å². The number of benzene rings is 2.